The van der Waals surface area contributed by atoms with Crippen LogP contribution in [0.3, 0.4) is 0 Å². The molecule has 0 saturated heterocycles. The van der Waals surface area contributed by atoms with E-state index < -0.39 is 23.3 Å². The van der Waals surface area contributed by atoms with Gasteiger partial charge < -0.3 is 14.6 Å². The molecule has 0 radical (unpaired) electrons. The molecule has 2 aromatic carbocycles. The fraction of sp³-hybridized carbons (Fsp3) is 0.333. The third-order valence-electron chi connectivity index (χ3n) is 4.99. The third-order valence-corrected chi connectivity index (χ3v) is 6.35. The first-order valence-electron chi connectivity index (χ1n) is 10.1. The standard InChI is InChI=1S/C24H24F3NO4S/c1-14-20(33-21(28-14)17-8-10-18(11-9-17)24(25,26)27)15(2)32-19-7-5-6-16(12-19)13-31-23(3,4)22(29)30/h5-12,15H,13H2,1-4H3,(H,29,30). The number of ether oxygens (including phenoxy) is 2. The number of aryl methyl sites for hydroxylation is 1. The smallest absolute Gasteiger partial charge is 0.416 e. The minimum Gasteiger partial charge on any atom is -0.485 e. The minimum atomic E-state index is -4.38. The fourth-order valence-electron chi connectivity index (χ4n) is 3.00. The SMILES string of the molecule is Cc1nc(-c2ccc(C(F)(F)F)cc2)sc1C(C)Oc1cccc(COC(C)(C)C(=O)O)c1. The summed E-state index contributed by atoms with van der Waals surface area (Å²) in [6.45, 7) is 6.78. The molecule has 0 aliphatic heterocycles. The van der Waals surface area contributed by atoms with Crippen LogP contribution in [0.4, 0.5) is 13.2 Å². The Bertz CT molecular complexity index is 1120. The van der Waals surface area contributed by atoms with Crippen LogP contribution in [0, 0.1) is 6.92 Å². The Morgan fingerprint density at radius 2 is 1.82 bits per heavy atom. The van der Waals surface area contributed by atoms with E-state index in [1.54, 1.807) is 18.2 Å². The van der Waals surface area contributed by atoms with Crippen molar-refractivity contribution < 1.29 is 32.5 Å². The van der Waals surface area contributed by atoms with Crippen LogP contribution in [0.5, 0.6) is 5.75 Å². The van der Waals surface area contributed by atoms with Gasteiger partial charge in [-0.15, -0.1) is 11.3 Å². The summed E-state index contributed by atoms with van der Waals surface area (Å²) in [5, 5.41) is 9.79. The average molecular weight is 480 g/mol. The fourth-order valence-corrected chi connectivity index (χ4v) is 4.05. The Morgan fingerprint density at radius 3 is 2.42 bits per heavy atom. The molecule has 0 saturated carbocycles. The first-order chi connectivity index (χ1) is 15.4. The lowest BCUT2D eigenvalue weighted by atomic mass is 10.1. The summed E-state index contributed by atoms with van der Waals surface area (Å²) < 4.78 is 50.0. The maximum atomic E-state index is 12.8. The number of carboxylic acids is 1. The van der Waals surface area contributed by atoms with Crippen molar-refractivity contribution in [3.05, 3.63) is 70.2 Å². The first-order valence-corrected chi connectivity index (χ1v) is 11.0. The average Bonchev–Trinajstić information content (AvgIpc) is 3.14. The van der Waals surface area contributed by atoms with Crippen molar-refractivity contribution in [3.63, 3.8) is 0 Å². The van der Waals surface area contributed by atoms with Gasteiger partial charge in [-0.25, -0.2) is 9.78 Å². The van der Waals surface area contributed by atoms with Gasteiger partial charge in [0.15, 0.2) is 5.60 Å². The molecule has 1 aromatic heterocycles. The number of benzene rings is 2. The summed E-state index contributed by atoms with van der Waals surface area (Å²) in [4.78, 5) is 16.6. The summed E-state index contributed by atoms with van der Waals surface area (Å²) in [6.07, 6.45) is -4.73. The highest BCUT2D eigenvalue weighted by molar-refractivity contribution is 7.15. The van der Waals surface area contributed by atoms with E-state index in [4.69, 9.17) is 9.47 Å². The van der Waals surface area contributed by atoms with Crippen LogP contribution >= 0.6 is 11.3 Å². The highest BCUT2D eigenvalue weighted by atomic mass is 32.1. The number of hydrogen-bond donors (Lipinski definition) is 1. The van der Waals surface area contributed by atoms with Gasteiger partial charge in [0.05, 0.1) is 22.7 Å². The van der Waals surface area contributed by atoms with Crippen molar-refractivity contribution in [1.29, 1.82) is 0 Å². The second-order valence-electron chi connectivity index (χ2n) is 8.06. The van der Waals surface area contributed by atoms with Crippen molar-refractivity contribution in [2.75, 3.05) is 0 Å². The Morgan fingerprint density at radius 1 is 1.15 bits per heavy atom. The molecule has 5 nitrogen and oxygen atoms in total. The number of alkyl halides is 3. The zero-order valence-corrected chi connectivity index (χ0v) is 19.4. The molecule has 1 atom stereocenters. The monoisotopic (exact) mass is 479 g/mol. The zero-order chi connectivity index (χ0) is 24.4. The molecule has 1 N–H and O–H groups in total. The van der Waals surface area contributed by atoms with Gasteiger partial charge >= 0.3 is 12.1 Å². The summed E-state index contributed by atoms with van der Waals surface area (Å²) >= 11 is 1.37. The quantitative estimate of drug-likeness (QED) is 0.391. The van der Waals surface area contributed by atoms with Gasteiger partial charge in [0, 0.05) is 5.56 Å². The number of thiazole rings is 1. The molecule has 3 aromatic rings. The summed E-state index contributed by atoms with van der Waals surface area (Å²) in [7, 11) is 0. The predicted molar refractivity (Wildman–Crippen MR) is 119 cm³/mol. The zero-order valence-electron chi connectivity index (χ0n) is 18.6. The van der Waals surface area contributed by atoms with Crippen molar-refractivity contribution in [1.82, 2.24) is 4.98 Å². The molecule has 33 heavy (non-hydrogen) atoms. The minimum absolute atomic E-state index is 0.114. The van der Waals surface area contributed by atoms with Crippen molar-refractivity contribution in [3.8, 4) is 16.3 Å². The van der Waals surface area contributed by atoms with Crippen LogP contribution in [-0.4, -0.2) is 21.7 Å². The van der Waals surface area contributed by atoms with Crippen molar-refractivity contribution >= 4 is 17.3 Å². The number of halogens is 3. The molecule has 0 amide bonds. The summed E-state index contributed by atoms with van der Waals surface area (Å²) in [5.74, 6) is -0.464. The highest BCUT2D eigenvalue weighted by Gasteiger charge is 2.30. The third kappa shape index (κ3) is 6.11. The second kappa shape index (κ2) is 9.52. The molecule has 3 rings (SSSR count). The Balaban J connectivity index is 1.72. The van der Waals surface area contributed by atoms with E-state index in [-0.39, 0.29) is 12.7 Å². The molecule has 9 heteroatoms. The first kappa shape index (κ1) is 24.7. The van der Waals surface area contributed by atoms with Gasteiger partial charge in [-0.2, -0.15) is 13.2 Å². The molecular formula is C24H24F3NO4S. The van der Waals surface area contributed by atoms with Gasteiger partial charge in [-0.05, 0) is 57.5 Å². The van der Waals surface area contributed by atoms with Crippen LogP contribution in [0.25, 0.3) is 10.6 Å². The van der Waals surface area contributed by atoms with E-state index in [0.29, 0.717) is 16.3 Å². The number of aliphatic carboxylic acids is 1. The largest absolute Gasteiger partial charge is 0.485 e. The normalized spacial score (nSPS) is 13.1. The summed E-state index contributed by atoms with van der Waals surface area (Å²) in [6, 6.07) is 12.1. The van der Waals surface area contributed by atoms with Gasteiger partial charge in [0.2, 0.25) is 0 Å². The lowest BCUT2D eigenvalue weighted by molar-refractivity contribution is -0.162. The predicted octanol–water partition coefficient (Wildman–Crippen LogP) is 6.66. The van der Waals surface area contributed by atoms with Crippen LogP contribution in [-0.2, 0) is 22.3 Å². The van der Waals surface area contributed by atoms with Crippen LogP contribution in [0.15, 0.2) is 48.5 Å². The molecule has 1 heterocycles. The Labute approximate surface area is 193 Å². The summed E-state index contributed by atoms with van der Waals surface area (Å²) in [5.41, 5.74) is 0.103. The van der Waals surface area contributed by atoms with Crippen LogP contribution < -0.4 is 4.74 Å². The number of carboxylic acid groups (broad SMARTS) is 1. The lowest BCUT2D eigenvalue weighted by Gasteiger charge is -2.20. The number of rotatable bonds is 8. The van der Waals surface area contributed by atoms with Crippen molar-refractivity contribution in [2.24, 2.45) is 0 Å². The van der Waals surface area contributed by atoms with Crippen molar-refractivity contribution in [2.45, 2.75) is 52.2 Å². The van der Waals surface area contributed by atoms with E-state index in [2.05, 4.69) is 4.98 Å². The maximum Gasteiger partial charge on any atom is 0.416 e. The van der Waals surface area contributed by atoms with E-state index in [1.165, 1.54) is 37.3 Å². The molecular weight excluding hydrogens is 455 g/mol. The molecule has 1 unspecified atom stereocenters. The van der Waals surface area contributed by atoms with E-state index >= 15 is 0 Å². The van der Waals surface area contributed by atoms with Gasteiger partial charge in [0.25, 0.3) is 0 Å². The van der Waals surface area contributed by atoms with E-state index in [9.17, 15) is 23.1 Å². The van der Waals surface area contributed by atoms with E-state index in [0.717, 1.165) is 28.3 Å². The number of aromatic nitrogens is 1. The highest BCUT2D eigenvalue weighted by Crippen LogP contribution is 2.36. The second-order valence-corrected chi connectivity index (χ2v) is 9.09. The van der Waals surface area contributed by atoms with Crippen LogP contribution in [0.2, 0.25) is 0 Å². The molecule has 0 aliphatic rings. The molecule has 176 valence electrons. The number of nitrogens with zero attached hydrogens (tertiary/aromatic N) is 1. The van der Waals surface area contributed by atoms with E-state index in [1.807, 2.05) is 19.9 Å². The van der Waals surface area contributed by atoms with Gasteiger partial charge in [0.1, 0.15) is 16.9 Å². The number of hydrogen-bond acceptors (Lipinski definition) is 5. The molecule has 0 spiro atoms. The topological polar surface area (TPSA) is 68.7 Å². The maximum absolute atomic E-state index is 12.8. The van der Waals surface area contributed by atoms with Gasteiger partial charge in [-0.3, -0.25) is 0 Å². The molecule has 0 aliphatic carbocycles. The Kier molecular flexibility index (Phi) is 7.14. The molecule has 0 fully saturated rings. The Hall–Kier alpha value is -2.91. The van der Waals surface area contributed by atoms with Crippen LogP contribution in [0.1, 0.15) is 48.6 Å². The number of carbonyl (C=O) groups is 1. The van der Waals surface area contributed by atoms with Gasteiger partial charge in [-0.1, -0.05) is 24.3 Å². The molecule has 0 bridgehead atoms. The lowest BCUT2D eigenvalue weighted by Crippen LogP contribution is -2.34.